The van der Waals surface area contributed by atoms with Gasteiger partial charge in [0, 0.05) is 17.5 Å². The van der Waals surface area contributed by atoms with Gasteiger partial charge >= 0.3 is 5.97 Å². The molecule has 0 aromatic carbocycles. The summed E-state index contributed by atoms with van der Waals surface area (Å²) in [7, 11) is 0. The van der Waals surface area contributed by atoms with Crippen molar-refractivity contribution >= 4 is 40.4 Å². The number of esters is 1. The SMILES string of the molecule is CC(C)n1nccc1NC(=O)[C@@H](C)OC(=O)c1csc(-c2cccs2)n1. The van der Waals surface area contributed by atoms with Crippen LogP contribution in [0.15, 0.2) is 35.2 Å². The third-order valence-electron chi connectivity index (χ3n) is 3.51. The van der Waals surface area contributed by atoms with Gasteiger partial charge in [0.2, 0.25) is 0 Å². The first kappa shape index (κ1) is 18.3. The number of anilines is 1. The predicted octanol–water partition coefficient (Wildman–Crippen LogP) is 3.83. The van der Waals surface area contributed by atoms with Gasteiger partial charge in [-0.25, -0.2) is 14.5 Å². The minimum Gasteiger partial charge on any atom is -0.448 e. The Morgan fingerprint density at radius 3 is 2.73 bits per heavy atom. The van der Waals surface area contributed by atoms with Crippen molar-refractivity contribution in [3.05, 3.63) is 40.8 Å². The summed E-state index contributed by atoms with van der Waals surface area (Å²) in [5.41, 5.74) is 0.199. The van der Waals surface area contributed by atoms with E-state index in [9.17, 15) is 9.59 Å². The molecule has 26 heavy (non-hydrogen) atoms. The number of carbonyl (C=O) groups is 2. The van der Waals surface area contributed by atoms with E-state index >= 15 is 0 Å². The van der Waals surface area contributed by atoms with Crippen LogP contribution in [0.4, 0.5) is 5.82 Å². The number of hydrogen-bond donors (Lipinski definition) is 1. The summed E-state index contributed by atoms with van der Waals surface area (Å²) in [4.78, 5) is 29.8. The lowest BCUT2D eigenvalue weighted by Gasteiger charge is -2.15. The van der Waals surface area contributed by atoms with Crippen molar-refractivity contribution in [2.45, 2.75) is 32.9 Å². The van der Waals surface area contributed by atoms with Crippen molar-refractivity contribution in [3.63, 3.8) is 0 Å². The van der Waals surface area contributed by atoms with Gasteiger partial charge in [0.25, 0.3) is 5.91 Å². The molecule has 0 aliphatic carbocycles. The van der Waals surface area contributed by atoms with Crippen LogP contribution in [-0.2, 0) is 9.53 Å². The minimum atomic E-state index is -0.954. The Bertz CT molecular complexity index is 899. The summed E-state index contributed by atoms with van der Waals surface area (Å²) >= 11 is 2.92. The van der Waals surface area contributed by atoms with Crippen LogP contribution in [-0.4, -0.2) is 32.7 Å². The third kappa shape index (κ3) is 4.00. The Morgan fingerprint density at radius 1 is 1.23 bits per heavy atom. The van der Waals surface area contributed by atoms with Gasteiger partial charge in [-0.1, -0.05) is 6.07 Å². The molecule has 0 bridgehead atoms. The number of thiophene rings is 1. The molecule has 0 spiro atoms. The van der Waals surface area contributed by atoms with E-state index in [0.717, 1.165) is 9.88 Å². The molecule has 0 saturated carbocycles. The van der Waals surface area contributed by atoms with E-state index in [0.29, 0.717) is 5.82 Å². The van der Waals surface area contributed by atoms with Crippen LogP contribution in [0.25, 0.3) is 9.88 Å². The lowest BCUT2D eigenvalue weighted by molar-refractivity contribution is -0.123. The number of amides is 1. The quantitative estimate of drug-likeness (QED) is 0.647. The number of rotatable bonds is 6. The summed E-state index contributed by atoms with van der Waals surface area (Å²) in [6, 6.07) is 5.66. The van der Waals surface area contributed by atoms with Crippen molar-refractivity contribution in [3.8, 4) is 9.88 Å². The highest BCUT2D eigenvalue weighted by atomic mass is 32.1. The molecule has 0 unspecified atom stereocenters. The normalized spacial score (nSPS) is 12.2. The molecule has 0 fully saturated rings. The number of nitrogens with zero attached hydrogens (tertiary/aromatic N) is 3. The molecular formula is C17H18N4O3S2. The van der Waals surface area contributed by atoms with Crippen molar-refractivity contribution in [1.82, 2.24) is 14.8 Å². The zero-order valence-corrected chi connectivity index (χ0v) is 16.1. The zero-order chi connectivity index (χ0) is 18.7. The molecule has 0 radical (unpaired) electrons. The molecule has 0 aliphatic rings. The molecule has 1 N–H and O–H groups in total. The van der Waals surface area contributed by atoms with Gasteiger partial charge in [-0.2, -0.15) is 5.10 Å². The number of hydrogen-bond acceptors (Lipinski definition) is 7. The van der Waals surface area contributed by atoms with Gasteiger partial charge in [0.05, 0.1) is 11.1 Å². The number of carbonyl (C=O) groups excluding carboxylic acids is 2. The Balaban J connectivity index is 1.62. The predicted molar refractivity (Wildman–Crippen MR) is 102 cm³/mol. The molecule has 9 heteroatoms. The topological polar surface area (TPSA) is 86.1 Å². The summed E-state index contributed by atoms with van der Waals surface area (Å²) in [6.07, 6.45) is 0.651. The van der Waals surface area contributed by atoms with Gasteiger partial charge in [0.15, 0.2) is 11.8 Å². The first-order valence-electron chi connectivity index (χ1n) is 8.00. The fourth-order valence-corrected chi connectivity index (χ4v) is 3.81. The van der Waals surface area contributed by atoms with Crippen LogP contribution in [0.5, 0.6) is 0 Å². The maximum atomic E-state index is 12.3. The lowest BCUT2D eigenvalue weighted by atomic mass is 10.3. The highest BCUT2D eigenvalue weighted by Crippen LogP contribution is 2.28. The largest absolute Gasteiger partial charge is 0.448 e. The Hall–Kier alpha value is -2.52. The third-order valence-corrected chi connectivity index (χ3v) is 5.39. The van der Waals surface area contributed by atoms with E-state index in [1.54, 1.807) is 33.7 Å². The highest BCUT2D eigenvalue weighted by molar-refractivity contribution is 7.20. The molecule has 3 aromatic rings. The number of ether oxygens (including phenoxy) is 1. The van der Waals surface area contributed by atoms with Crippen molar-refractivity contribution in [1.29, 1.82) is 0 Å². The monoisotopic (exact) mass is 390 g/mol. The summed E-state index contributed by atoms with van der Waals surface area (Å²) in [5, 5.41) is 11.2. The van der Waals surface area contributed by atoms with E-state index in [1.807, 2.05) is 31.4 Å². The second-order valence-electron chi connectivity index (χ2n) is 5.81. The first-order chi connectivity index (χ1) is 12.5. The molecule has 1 amide bonds. The van der Waals surface area contributed by atoms with Crippen LogP contribution >= 0.6 is 22.7 Å². The van der Waals surface area contributed by atoms with E-state index in [4.69, 9.17) is 4.74 Å². The number of nitrogens with one attached hydrogen (secondary N) is 1. The molecule has 3 heterocycles. The number of thiazole rings is 1. The molecule has 1 atom stereocenters. The van der Waals surface area contributed by atoms with Gasteiger partial charge in [-0.05, 0) is 32.2 Å². The maximum absolute atomic E-state index is 12.3. The average molecular weight is 390 g/mol. The Morgan fingerprint density at radius 2 is 2.04 bits per heavy atom. The van der Waals surface area contributed by atoms with E-state index in [1.165, 1.54) is 18.3 Å². The Labute approximate surface area is 158 Å². The summed E-state index contributed by atoms with van der Waals surface area (Å²) in [5.74, 6) is -0.486. The highest BCUT2D eigenvalue weighted by Gasteiger charge is 2.22. The van der Waals surface area contributed by atoms with Crippen LogP contribution in [0.2, 0.25) is 0 Å². The van der Waals surface area contributed by atoms with Crippen LogP contribution < -0.4 is 5.32 Å². The summed E-state index contributed by atoms with van der Waals surface area (Å²) < 4.78 is 6.93. The van der Waals surface area contributed by atoms with Crippen molar-refractivity contribution in [2.24, 2.45) is 0 Å². The fourth-order valence-electron chi connectivity index (χ4n) is 2.21. The van der Waals surface area contributed by atoms with Crippen LogP contribution in [0.3, 0.4) is 0 Å². The standard InChI is InChI=1S/C17H18N4O3S2/c1-10(2)21-14(6-7-18-21)20-15(22)11(3)24-17(23)12-9-26-16(19-12)13-5-4-8-25-13/h4-11H,1-3H3,(H,20,22)/t11-/m1/s1. The zero-order valence-electron chi connectivity index (χ0n) is 14.5. The minimum absolute atomic E-state index is 0.101. The smallest absolute Gasteiger partial charge is 0.358 e. The molecule has 136 valence electrons. The van der Waals surface area contributed by atoms with E-state index in [2.05, 4.69) is 15.4 Å². The van der Waals surface area contributed by atoms with Gasteiger partial charge in [-0.3, -0.25) is 4.79 Å². The molecule has 7 nitrogen and oxygen atoms in total. The lowest BCUT2D eigenvalue weighted by Crippen LogP contribution is -2.31. The maximum Gasteiger partial charge on any atom is 0.358 e. The van der Waals surface area contributed by atoms with Crippen molar-refractivity contribution < 1.29 is 14.3 Å². The molecule has 0 aliphatic heterocycles. The summed E-state index contributed by atoms with van der Waals surface area (Å²) in [6.45, 7) is 5.44. The van der Waals surface area contributed by atoms with Gasteiger partial charge in [0.1, 0.15) is 10.8 Å². The van der Waals surface area contributed by atoms with Crippen LogP contribution in [0.1, 0.15) is 37.3 Å². The number of aromatic nitrogens is 3. The first-order valence-corrected chi connectivity index (χ1v) is 9.76. The van der Waals surface area contributed by atoms with Crippen LogP contribution in [0, 0.1) is 0 Å². The second kappa shape index (κ2) is 7.79. The van der Waals surface area contributed by atoms with E-state index in [-0.39, 0.29) is 11.7 Å². The van der Waals surface area contributed by atoms with Gasteiger partial charge < -0.3 is 10.1 Å². The van der Waals surface area contributed by atoms with Gasteiger partial charge in [-0.15, -0.1) is 22.7 Å². The van der Waals surface area contributed by atoms with Crippen molar-refractivity contribution in [2.75, 3.05) is 5.32 Å². The van der Waals surface area contributed by atoms with E-state index < -0.39 is 18.0 Å². The molecular weight excluding hydrogens is 372 g/mol. The Kier molecular flexibility index (Phi) is 5.48. The fraction of sp³-hybridized carbons (Fsp3) is 0.294. The molecule has 0 saturated heterocycles. The molecule has 3 aromatic heterocycles. The molecule has 3 rings (SSSR count). The average Bonchev–Trinajstić information content (AvgIpc) is 3.34. The second-order valence-corrected chi connectivity index (χ2v) is 7.61.